The zero-order valence-electron chi connectivity index (χ0n) is 21.4. The van der Waals surface area contributed by atoms with Crippen LogP contribution in [0.4, 0.5) is 28.4 Å². The van der Waals surface area contributed by atoms with Crippen LogP contribution in [0.15, 0.2) is 54.6 Å². The molecular weight excluding hydrogens is 502 g/mol. The highest BCUT2D eigenvalue weighted by Gasteiger charge is 2.27. The molecule has 3 aromatic rings. The van der Waals surface area contributed by atoms with Crippen molar-refractivity contribution in [2.24, 2.45) is 5.92 Å². The van der Waals surface area contributed by atoms with E-state index in [-0.39, 0.29) is 35.1 Å². The van der Waals surface area contributed by atoms with Crippen LogP contribution >= 0.6 is 0 Å². The average Bonchev–Trinajstić information content (AvgIpc) is 3.07. The smallest absolute Gasteiger partial charge is 0.310 e. The van der Waals surface area contributed by atoms with Gasteiger partial charge in [0, 0.05) is 37.7 Å². The van der Waals surface area contributed by atoms with Gasteiger partial charge in [-0.05, 0) is 66.4 Å². The third-order valence-corrected chi connectivity index (χ3v) is 7.09. The molecule has 0 unspecified atom stereocenters. The number of nitrogens with zero attached hydrogens (tertiary/aromatic N) is 2. The molecule has 39 heavy (non-hydrogen) atoms. The van der Waals surface area contributed by atoms with Gasteiger partial charge in [-0.15, -0.1) is 0 Å². The predicted molar refractivity (Wildman–Crippen MR) is 146 cm³/mol. The van der Waals surface area contributed by atoms with E-state index in [0.717, 1.165) is 5.56 Å². The van der Waals surface area contributed by atoms with Gasteiger partial charge >= 0.3 is 5.69 Å². The van der Waals surface area contributed by atoms with Crippen molar-refractivity contribution in [3.63, 3.8) is 0 Å². The van der Waals surface area contributed by atoms with Crippen molar-refractivity contribution >= 4 is 46.2 Å². The summed E-state index contributed by atoms with van der Waals surface area (Å²) in [4.78, 5) is 49.9. The number of hydrogen-bond donors (Lipinski definition) is 3. The van der Waals surface area contributed by atoms with Crippen molar-refractivity contribution < 1.29 is 24.0 Å². The number of carbonyl (C=O) groups is 3. The van der Waals surface area contributed by atoms with Crippen LogP contribution in [0.25, 0.3) is 11.1 Å². The number of rotatable bonds is 5. The van der Waals surface area contributed by atoms with Gasteiger partial charge in [0.15, 0.2) is 5.75 Å². The normalized spacial score (nSPS) is 14.7. The molecule has 3 aromatic carbocycles. The summed E-state index contributed by atoms with van der Waals surface area (Å²) in [5, 5.41) is 20.4. The van der Waals surface area contributed by atoms with E-state index in [1.807, 2.05) is 0 Å². The third kappa shape index (κ3) is 5.24. The van der Waals surface area contributed by atoms with Crippen molar-refractivity contribution in [1.29, 1.82) is 0 Å². The number of benzene rings is 3. The van der Waals surface area contributed by atoms with Crippen LogP contribution in [0.2, 0.25) is 0 Å². The molecule has 2 aliphatic rings. The quantitative estimate of drug-likeness (QED) is 0.319. The van der Waals surface area contributed by atoms with E-state index in [0.29, 0.717) is 59.8 Å². The van der Waals surface area contributed by atoms with Crippen LogP contribution in [0.5, 0.6) is 5.75 Å². The Kier molecular flexibility index (Phi) is 6.88. The summed E-state index contributed by atoms with van der Waals surface area (Å²) in [6.45, 7) is 2.65. The minimum absolute atomic E-state index is 0.0171. The lowest BCUT2D eigenvalue weighted by Gasteiger charge is -2.30. The summed E-state index contributed by atoms with van der Waals surface area (Å²) in [6, 6.07) is 15.1. The number of piperidine rings is 1. The van der Waals surface area contributed by atoms with E-state index in [1.54, 1.807) is 53.4 Å². The summed E-state index contributed by atoms with van der Waals surface area (Å²) < 4.78 is 5.19. The van der Waals surface area contributed by atoms with Crippen LogP contribution in [0, 0.1) is 16.0 Å². The summed E-state index contributed by atoms with van der Waals surface area (Å²) in [7, 11) is 1.37. The molecule has 0 aromatic heterocycles. The standard InChI is InChI=1S/C28H27N5O6/c1-16(34)32-11-9-17(10-12-32)27(35)29-20-5-7-22-24(15-20)31-28(36)21-6-3-18(13-23(21)30-22)19-4-8-25(33(37)38)26(14-19)39-2/h3-8,13-15,17,30H,9-12H2,1-2H3,(H,29,35)(H,31,36). The second kappa shape index (κ2) is 10.4. The summed E-state index contributed by atoms with van der Waals surface area (Å²) in [6.07, 6.45) is 1.21. The molecule has 2 heterocycles. The molecule has 11 nitrogen and oxygen atoms in total. The molecule has 0 aliphatic carbocycles. The minimum Gasteiger partial charge on any atom is -0.490 e. The monoisotopic (exact) mass is 529 g/mol. The highest BCUT2D eigenvalue weighted by molar-refractivity contribution is 6.13. The fourth-order valence-electron chi connectivity index (χ4n) is 4.90. The lowest BCUT2D eigenvalue weighted by molar-refractivity contribution is -0.385. The van der Waals surface area contributed by atoms with Crippen molar-refractivity contribution in [2.75, 3.05) is 36.1 Å². The van der Waals surface area contributed by atoms with Gasteiger partial charge in [0.05, 0.1) is 34.7 Å². The Labute approximate surface area is 224 Å². The number of ether oxygens (including phenoxy) is 1. The maximum absolute atomic E-state index is 13.0. The lowest BCUT2D eigenvalue weighted by Crippen LogP contribution is -2.40. The molecule has 0 saturated carbocycles. The summed E-state index contributed by atoms with van der Waals surface area (Å²) >= 11 is 0. The van der Waals surface area contributed by atoms with Gasteiger partial charge in [0.1, 0.15) is 0 Å². The molecule has 3 N–H and O–H groups in total. The van der Waals surface area contributed by atoms with E-state index in [9.17, 15) is 24.5 Å². The predicted octanol–water partition coefficient (Wildman–Crippen LogP) is 4.78. The number of nitro groups is 1. The first kappa shape index (κ1) is 25.7. The Morgan fingerprint density at radius 1 is 0.974 bits per heavy atom. The van der Waals surface area contributed by atoms with Gasteiger partial charge in [-0.3, -0.25) is 24.5 Å². The van der Waals surface area contributed by atoms with Crippen molar-refractivity contribution in [2.45, 2.75) is 19.8 Å². The molecule has 0 atom stereocenters. The van der Waals surface area contributed by atoms with Gasteiger partial charge in [0.2, 0.25) is 11.8 Å². The fraction of sp³-hybridized carbons (Fsp3) is 0.250. The first-order valence-electron chi connectivity index (χ1n) is 12.5. The van der Waals surface area contributed by atoms with E-state index in [4.69, 9.17) is 4.74 Å². The van der Waals surface area contributed by atoms with Crippen molar-refractivity contribution in [1.82, 2.24) is 4.90 Å². The molecular formula is C28H27N5O6. The van der Waals surface area contributed by atoms with Gasteiger partial charge < -0.3 is 25.6 Å². The molecule has 1 fully saturated rings. The lowest BCUT2D eigenvalue weighted by atomic mass is 9.96. The molecule has 2 aliphatic heterocycles. The molecule has 1 saturated heterocycles. The maximum Gasteiger partial charge on any atom is 0.310 e. The highest BCUT2D eigenvalue weighted by atomic mass is 16.6. The zero-order valence-corrected chi connectivity index (χ0v) is 21.4. The van der Waals surface area contributed by atoms with Gasteiger partial charge in [-0.2, -0.15) is 0 Å². The van der Waals surface area contributed by atoms with E-state index < -0.39 is 4.92 Å². The van der Waals surface area contributed by atoms with Gasteiger partial charge in [0.25, 0.3) is 5.91 Å². The number of hydrogen-bond acceptors (Lipinski definition) is 7. The summed E-state index contributed by atoms with van der Waals surface area (Å²) in [5.41, 5.74) is 4.00. The number of likely N-dealkylation sites (tertiary alicyclic amines) is 1. The average molecular weight is 530 g/mol. The number of nitrogens with one attached hydrogen (secondary N) is 3. The van der Waals surface area contributed by atoms with Crippen LogP contribution in [-0.4, -0.2) is 47.7 Å². The second-order valence-corrected chi connectivity index (χ2v) is 9.51. The zero-order chi connectivity index (χ0) is 27.7. The highest BCUT2D eigenvalue weighted by Crippen LogP contribution is 2.38. The molecule has 11 heteroatoms. The Hall–Kier alpha value is -4.93. The van der Waals surface area contributed by atoms with E-state index in [1.165, 1.54) is 20.1 Å². The Morgan fingerprint density at radius 3 is 2.38 bits per heavy atom. The number of fused-ring (bicyclic) bond motifs is 2. The Balaban J connectivity index is 1.35. The molecule has 0 spiro atoms. The number of methoxy groups -OCH3 is 1. The van der Waals surface area contributed by atoms with Crippen molar-refractivity contribution in [3.8, 4) is 16.9 Å². The molecule has 5 rings (SSSR count). The third-order valence-electron chi connectivity index (χ3n) is 7.09. The van der Waals surface area contributed by atoms with E-state index in [2.05, 4.69) is 16.0 Å². The first-order chi connectivity index (χ1) is 18.7. The van der Waals surface area contributed by atoms with Gasteiger partial charge in [-0.1, -0.05) is 6.07 Å². The van der Waals surface area contributed by atoms with E-state index >= 15 is 0 Å². The second-order valence-electron chi connectivity index (χ2n) is 9.51. The Bertz CT molecular complexity index is 1500. The number of anilines is 4. The van der Waals surface area contributed by atoms with Gasteiger partial charge in [-0.25, -0.2) is 0 Å². The summed E-state index contributed by atoms with van der Waals surface area (Å²) in [5.74, 6) is -0.458. The number of amides is 3. The van der Waals surface area contributed by atoms with Crippen LogP contribution in [0.3, 0.4) is 0 Å². The first-order valence-corrected chi connectivity index (χ1v) is 12.5. The van der Waals surface area contributed by atoms with Crippen molar-refractivity contribution in [3.05, 3.63) is 70.3 Å². The SMILES string of the molecule is COc1cc(-c2ccc3c(c2)Nc2ccc(NC(=O)C4CCN(C(C)=O)CC4)cc2NC3=O)ccc1[N+](=O)[O-]. The Morgan fingerprint density at radius 2 is 1.69 bits per heavy atom. The topological polar surface area (TPSA) is 143 Å². The minimum atomic E-state index is -0.504. The molecule has 0 radical (unpaired) electrons. The number of carbonyl (C=O) groups excluding carboxylic acids is 3. The molecule has 0 bridgehead atoms. The number of nitro benzene ring substituents is 1. The largest absolute Gasteiger partial charge is 0.490 e. The molecule has 3 amide bonds. The van der Waals surface area contributed by atoms with Crippen LogP contribution in [-0.2, 0) is 9.59 Å². The maximum atomic E-state index is 13.0. The van der Waals surface area contributed by atoms with Crippen LogP contribution < -0.4 is 20.7 Å². The fourth-order valence-corrected chi connectivity index (χ4v) is 4.90. The molecule has 200 valence electrons. The van der Waals surface area contributed by atoms with Crippen LogP contribution in [0.1, 0.15) is 30.1 Å².